The zero-order valence-electron chi connectivity index (χ0n) is 12.6. The van der Waals surface area contributed by atoms with E-state index < -0.39 is 12.0 Å². The van der Waals surface area contributed by atoms with Crippen molar-refractivity contribution in [2.24, 2.45) is 5.92 Å². The van der Waals surface area contributed by atoms with Crippen LogP contribution in [0.25, 0.3) is 0 Å². The van der Waals surface area contributed by atoms with Gasteiger partial charge in [0.15, 0.2) is 0 Å². The fourth-order valence-corrected chi connectivity index (χ4v) is 2.16. The lowest BCUT2D eigenvalue weighted by Crippen LogP contribution is -2.41. The van der Waals surface area contributed by atoms with Crippen molar-refractivity contribution in [2.45, 2.75) is 45.6 Å². The molecule has 1 aromatic carbocycles. The Kier molecular flexibility index (Phi) is 6.34. The summed E-state index contributed by atoms with van der Waals surface area (Å²) in [7, 11) is 0. The van der Waals surface area contributed by atoms with Gasteiger partial charge in [0.2, 0.25) is 5.91 Å². The van der Waals surface area contributed by atoms with Crippen molar-refractivity contribution in [3.63, 3.8) is 0 Å². The molecule has 0 saturated heterocycles. The van der Waals surface area contributed by atoms with Gasteiger partial charge < -0.3 is 10.4 Å². The summed E-state index contributed by atoms with van der Waals surface area (Å²) in [6, 6.07) is 5.21. The molecule has 2 unspecified atom stereocenters. The molecule has 1 rings (SSSR count). The third-order valence-corrected chi connectivity index (χ3v) is 3.25. The van der Waals surface area contributed by atoms with Gasteiger partial charge in [-0.2, -0.15) is 0 Å². The Morgan fingerprint density at radius 3 is 2.48 bits per heavy atom. The zero-order chi connectivity index (χ0) is 16.0. The molecule has 0 spiro atoms. The third kappa shape index (κ3) is 5.94. The van der Waals surface area contributed by atoms with Gasteiger partial charge in [-0.1, -0.05) is 32.9 Å². The molecule has 2 atom stereocenters. The summed E-state index contributed by atoms with van der Waals surface area (Å²) in [5.41, 5.74) is 0.723. The maximum atomic E-state index is 13.1. The molecular weight excluding hydrogens is 273 g/mol. The Balaban J connectivity index is 2.61. The van der Waals surface area contributed by atoms with Crippen LogP contribution in [0.5, 0.6) is 0 Å². The van der Waals surface area contributed by atoms with Gasteiger partial charge in [0.05, 0.1) is 0 Å². The smallest absolute Gasteiger partial charge is 0.326 e. The monoisotopic (exact) mass is 295 g/mol. The largest absolute Gasteiger partial charge is 0.480 e. The highest BCUT2D eigenvalue weighted by molar-refractivity contribution is 5.83. The zero-order valence-corrected chi connectivity index (χ0v) is 12.6. The summed E-state index contributed by atoms with van der Waals surface area (Å²) in [6.07, 6.45) is 0.515. The number of carboxylic acids is 1. The number of carbonyl (C=O) groups is 2. The molecule has 0 fully saturated rings. The van der Waals surface area contributed by atoms with Crippen LogP contribution in [0.1, 0.15) is 45.1 Å². The number of carbonyl (C=O) groups excluding carboxylic acids is 1. The molecule has 1 amide bonds. The highest BCUT2D eigenvalue weighted by Crippen LogP contribution is 2.19. The summed E-state index contributed by atoms with van der Waals surface area (Å²) >= 11 is 0. The van der Waals surface area contributed by atoms with Crippen molar-refractivity contribution in [3.05, 3.63) is 35.6 Å². The molecule has 4 nitrogen and oxygen atoms in total. The Hall–Kier alpha value is -1.91. The lowest BCUT2D eigenvalue weighted by atomic mass is 9.97. The van der Waals surface area contributed by atoms with Gasteiger partial charge in [-0.3, -0.25) is 4.79 Å². The molecule has 21 heavy (non-hydrogen) atoms. The molecular formula is C16H22FNO3. The third-order valence-electron chi connectivity index (χ3n) is 3.25. The van der Waals surface area contributed by atoms with Crippen LogP contribution in [0.4, 0.5) is 4.39 Å². The SMILES string of the molecule is CC(C)CC(NC(=O)CC(C)c1cccc(F)c1)C(=O)O. The van der Waals surface area contributed by atoms with Crippen LogP contribution in [-0.4, -0.2) is 23.0 Å². The molecule has 5 heteroatoms. The summed E-state index contributed by atoms with van der Waals surface area (Å²) in [5.74, 6) is -1.71. The van der Waals surface area contributed by atoms with Crippen molar-refractivity contribution in [2.75, 3.05) is 0 Å². The first-order chi connectivity index (χ1) is 9.79. The van der Waals surface area contributed by atoms with Crippen LogP contribution < -0.4 is 5.32 Å². The predicted octanol–water partition coefficient (Wildman–Crippen LogP) is 2.93. The Labute approximate surface area is 124 Å². The summed E-state index contributed by atoms with van der Waals surface area (Å²) in [6.45, 7) is 5.61. The van der Waals surface area contributed by atoms with Crippen LogP contribution in [0.15, 0.2) is 24.3 Å². The highest BCUT2D eigenvalue weighted by atomic mass is 19.1. The second-order valence-electron chi connectivity index (χ2n) is 5.75. The van der Waals surface area contributed by atoms with Gasteiger partial charge in [0.1, 0.15) is 11.9 Å². The average molecular weight is 295 g/mol. The van der Waals surface area contributed by atoms with E-state index in [1.807, 2.05) is 20.8 Å². The molecule has 0 saturated carbocycles. The number of amides is 1. The number of aliphatic carboxylic acids is 1. The van der Waals surface area contributed by atoms with Crippen LogP contribution in [-0.2, 0) is 9.59 Å². The standard InChI is InChI=1S/C16H22FNO3/c1-10(2)7-14(16(20)21)18-15(19)8-11(3)12-5-4-6-13(17)9-12/h4-6,9-11,14H,7-8H2,1-3H3,(H,18,19)(H,20,21). The van der Waals surface area contributed by atoms with Crippen LogP contribution in [0, 0.1) is 11.7 Å². The minimum absolute atomic E-state index is 0.130. The second kappa shape index (κ2) is 7.76. The first-order valence-corrected chi connectivity index (χ1v) is 7.07. The lowest BCUT2D eigenvalue weighted by Gasteiger charge is -2.18. The maximum absolute atomic E-state index is 13.1. The van der Waals surface area contributed by atoms with Gasteiger partial charge in [0.25, 0.3) is 0 Å². The van der Waals surface area contributed by atoms with Crippen molar-refractivity contribution in [1.82, 2.24) is 5.32 Å². The number of hydrogen-bond donors (Lipinski definition) is 2. The van der Waals surface area contributed by atoms with Gasteiger partial charge in [-0.25, -0.2) is 9.18 Å². The van der Waals surface area contributed by atoms with E-state index in [9.17, 15) is 14.0 Å². The van der Waals surface area contributed by atoms with Crippen molar-refractivity contribution in [1.29, 1.82) is 0 Å². The molecule has 0 aliphatic heterocycles. The molecule has 2 N–H and O–H groups in total. The van der Waals surface area contributed by atoms with E-state index >= 15 is 0 Å². The number of hydrogen-bond acceptors (Lipinski definition) is 2. The quantitative estimate of drug-likeness (QED) is 0.812. The topological polar surface area (TPSA) is 66.4 Å². The van der Waals surface area contributed by atoms with Crippen LogP contribution >= 0.6 is 0 Å². The van der Waals surface area contributed by atoms with Gasteiger partial charge in [-0.05, 0) is 36.0 Å². The van der Waals surface area contributed by atoms with E-state index in [2.05, 4.69) is 5.32 Å². The Morgan fingerprint density at radius 1 is 1.29 bits per heavy atom. The van der Waals surface area contributed by atoms with E-state index in [1.54, 1.807) is 12.1 Å². The van der Waals surface area contributed by atoms with Crippen LogP contribution in [0.3, 0.4) is 0 Å². The summed E-state index contributed by atoms with van der Waals surface area (Å²) in [5, 5.41) is 11.6. The molecule has 0 aromatic heterocycles. The van der Waals surface area contributed by atoms with Crippen molar-refractivity contribution < 1.29 is 19.1 Å². The van der Waals surface area contributed by atoms with Crippen molar-refractivity contribution in [3.8, 4) is 0 Å². The Morgan fingerprint density at radius 2 is 1.95 bits per heavy atom. The van der Waals surface area contributed by atoms with Gasteiger partial charge in [-0.15, -0.1) is 0 Å². The average Bonchev–Trinajstić information content (AvgIpc) is 2.37. The number of nitrogens with one attached hydrogen (secondary N) is 1. The summed E-state index contributed by atoms with van der Waals surface area (Å²) in [4.78, 5) is 23.0. The fraction of sp³-hybridized carbons (Fsp3) is 0.500. The van der Waals surface area contributed by atoms with Gasteiger partial charge >= 0.3 is 5.97 Å². The number of halogens is 1. The second-order valence-corrected chi connectivity index (χ2v) is 5.75. The first kappa shape index (κ1) is 17.1. The molecule has 0 aliphatic rings. The molecule has 1 aromatic rings. The van der Waals surface area contributed by atoms with Gasteiger partial charge in [0, 0.05) is 6.42 Å². The molecule has 116 valence electrons. The molecule has 0 heterocycles. The minimum atomic E-state index is -1.03. The number of carboxylic acid groups (broad SMARTS) is 1. The molecule has 0 bridgehead atoms. The minimum Gasteiger partial charge on any atom is -0.480 e. The highest BCUT2D eigenvalue weighted by Gasteiger charge is 2.22. The van der Waals surface area contributed by atoms with E-state index in [0.29, 0.717) is 6.42 Å². The molecule has 0 radical (unpaired) electrons. The summed E-state index contributed by atoms with van der Waals surface area (Å²) < 4.78 is 13.1. The number of benzene rings is 1. The van der Waals surface area contributed by atoms with E-state index in [-0.39, 0.29) is 30.0 Å². The van der Waals surface area contributed by atoms with Crippen molar-refractivity contribution >= 4 is 11.9 Å². The fourth-order valence-electron chi connectivity index (χ4n) is 2.16. The molecule has 0 aliphatic carbocycles. The first-order valence-electron chi connectivity index (χ1n) is 7.07. The number of rotatable bonds is 7. The van der Waals surface area contributed by atoms with E-state index in [1.165, 1.54) is 12.1 Å². The maximum Gasteiger partial charge on any atom is 0.326 e. The predicted molar refractivity (Wildman–Crippen MR) is 78.5 cm³/mol. The normalized spacial score (nSPS) is 13.8. The van der Waals surface area contributed by atoms with E-state index in [4.69, 9.17) is 5.11 Å². The Bertz CT molecular complexity index is 502. The van der Waals surface area contributed by atoms with Crippen LogP contribution in [0.2, 0.25) is 0 Å². The van der Waals surface area contributed by atoms with E-state index in [0.717, 1.165) is 5.56 Å². The lowest BCUT2D eigenvalue weighted by molar-refractivity contribution is -0.142.